The fourth-order valence-corrected chi connectivity index (χ4v) is 2.58. The highest BCUT2D eigenvalue weighted by Gasteiger charge is 2.13. The van der Waals surface area contributed by atoms with Crippen LogP contribution < -0.4 is 24.8 Å². The number of nitrogens with zero attached hydrogens (tertiary/aromatic N) is 1. The minimum atomic E-state index is -0.213. The molecule has 2 rings (SSSR count). The van der Waals surface area contributed by atoms with Gasteiger partial charge in [-0.25, -0.2) is 4.39 Å². The molecule has 0 bridgehead atoms. The Hall–Kier alpha value is -2.96. The van der Waals surface area contributed by atoms with Gasteiger partial charge in [0.25, 0.3) is 0 Å². The topological polar surface area (TPSA) is 64.1 Å². The van der Waals surface area contributed by atoms with E-state index >= 15 is 0 Å². The van der Waals surface area contributed by atoms with E-state index in [1.807, 2.05) is 18.2 Å². The molecular weight excluding hydrogens is 349 g/mol. The molecule has 27 heavy (non-hydrogen) atoms. The summed E-state index contributed by atoms with van der Waals surface area (Å²) in [7, 11) is 6.41. The van der Waals surface area contributed by atoms with Gasteiger partial charge in [-0.2, -0.15) is 0 Å². The summed E-state index contributed by atoms with van der Waals surface area (Å²) in [5.41, 5.74) is 2.41. The van der Waals surface area contributed by atoms with Crippen molar-refractivity contribution in [3.05, 3.63) is 52.8 Å². The Morgan fingerprint density at radius 1 is 0.926 bits per heavy atom. The number of aliphatic imine (C=N–C) groups is 1. The third-order valence-electron chi connectivity index (χ3n) is 4.10. The Balaban J connectivity index is 2.02. The second-order valence-electron chi connectivity index (χ2n) is 5.90. The first-order chi connectivity index (χ1) is 13.0. The normalized spacial score (nSPS) is 11.1. The molecule has 0 aromatic heterocycles. The molecule has 0 spiro atoms. The number of halogens is 1. The first-order valence-corrected chi connectivity index (χ1v) is 8.50. The van der Waals surface area contributed by atoms with Crippen LogP contribution in [0.4, 0.5) is 4.39 Å². The van der Waals surface area contributed by atoms with Gasteiger partial charge in [-0.3, -0.25) is 4.99 Å². The van der Waals surface area contributed by atoms with Gasteiger partial charge >= 0.3 is 0 Å². The Kier molecular flexibility index (Phi) is 7.28. The van der Waals surface area contributed by atoms with Crippen LogP contribution in [0.25, 0.3) is 0 Å². The number of guanidine groups is 1. The van der Waals surface area contributed by atoms with E-state index in [1.54, 1.807) is 41.4 Å². The Morgan fingerprint density at radius 3 is 2.00 bits per heavy atom. The maximum atomic E-state index is 13.7. The van der Waals surface area contributed by atoms with Crippen LogP contribution in [-0.4, -0.2) is 34.3 Å². The monoisotopic (exact) mass is 375 g/mol. The minimum absolute atomic E-state index is 0.213. The van der Waals surface area contributed by atoms with Crippen molar-refractivity contribution in [1.29, 1.82) is 0 Å². The van der Waals surface area contributed by atoms with Crippen LogP contribution in [-0.2, 0) is 13.1 Å². The third-order valence-corrected chi connectivity index (χ3v) is 4.10. The molecular formula is C20H26FN3O3. The van der Waals surface area contributed by atoms with Crippen LogP contribution >= 0.6 is 0 Å². The molecule has 0 atom stereocenters. The summed E-state index contributed by atoms with van der Waals surface area (Å²) in [5.74, 6) is 2.12. The van der Waals surface area contributed by atoms with Crippen LogP contribution in [0.15, 0.2) is 35.3 Å². The minimum Gasteiger partial charge on any atom is -0.493 e. The number of aryl methyl sites for hydroxylation is 1. The Morgan fingerprint density at radius 2 is 1.52 bits per heavy atom. The number of methoxy groups -OCH3 is 3. The zero-order valence-corrected chi connectivity index (χ0v) is 16.4. The molecule has 0 radical (unpaired) electrons. The van der Waals surface area contributed by atoms with Gasteiger partial charge in [0.05, 0.1) is 21.3 Å². The molecule has 0 heterocycles. The maximum Gasteiger partial charge on any atom is 0.203 e. The summed E-state index contributed by atoms with van der Waals surface area (Å²) in [6.07, 6.45) is 0. The van der Waals surface area contributed by atoms with Gasteiger partial charge in [0, 0.05) is 20.1 Å². The Labute approximate surface area is 159 Å². The molecule has 0 fully saturated rings. The van der Waals surface area contributed by atoms with E-state index in [-0.39, 0.29) is 5.82 Å². The molecule has 0 saturated heterocycles. The van der Waals surface area contributed by atoms with Crippen LogP contribution in [0.5, 0.6) is 17.2 Å². The standard InChI is InChI=1S/C20H26FN3O3/c1-13-6-7-14(8-16(13)21)11-23-20(22-2)24-12-15-9-17(25-3)19(27-5)18(10-15)26-4/h6-10H,11-12H2,1-5H3,(H2,22,23,24). The summed E-state index contributed by atoms with van der Waals surface area (Å²) >= 11 is 0. The molecule has 0 aliphatic carbocycles. The zero-order chi connectivity index (χ0) is 19.8. The van der Waals surface area contributed by atoms with Crippen LogP contribution in [0.2, 0.25) is 0 Å². The number of ether oxygens (including phenoxy) is 3. The van der Waals surface area contributed by atoms with E-state index in [1.165, 1.54) is 6.07 Å². The lowest BCUT2D eigenvalue weighted by Crippen LogP contribution is -2.36. The molecule has 2 N–H and O–H groups in total. The SMILES string of the molecule is CN=C(NCc1ccc(C)c(F)c1)NCc1cc(OC)c(OC)c(OC)c1. The lowest BCUT2D eigenvalue weighted by molar-refractivity contribution is 0.323. The summed E-state index contributed by atoms with van der Waals surface area (Å²) < 4.78 is 29.7. The van der Waals surface area contributed by atoms with Gasteiger partial charge in [0.1, 0.15) is 5.82 Å². The summed E-state index contributed by atoms with van der Waals surface area (Å²) in [4.78, 5) is 4.19. The first kappa shape index (κ1) is 20.4. The van der Waals surface area contributed by atoms with Crippen molar-refractivity contribution in [1.82, 2.24) is 10.6 Å². The fourth-order valence-electron chi connectivity index (χ4n) is 2.58. The van der Waals surface area contributed by atoms with Crippen molar-refractivity contribution >= 4 is 5.96 Å². The van der Waals surface area contributed by atoms with Gasteiger partial charge < -0.3 is 24.8 Å². The van der Waals surface area contributed by atoms with E-state index in [0.717, 1.165) is 11.1 Å². The fraction of sp³-hybridized carbons (Fsp3) is 0.350. The molecule has 0 aliphatic rings. The molecule has 7 heteroatoms. The van der Waals surface area contributed by atoms with Gasteiger partial charge in [-0.05, 0) is 41.8 Å². The van der Waals surface area contributed by atoms with Crippen LogP contribution in [0.1, 0.15) is 16.7 Å². The lowest BCUT2D eigenvalue weighted by atomic mass is 10.1. The van der Waals surface area contributed by atoms with E-state index in [4.69, 9.17) is 14.2 Å². The van der Waals surface area contributed by atoms with Crippen molar-refractivity contribution in [2.75, 3.05) is 28.4 Å². The average Bonchev–Trinajstić information content (AvgIpc) is 2.69. The third kappa shape index (κ3) is 5.26. The molecule has 2 aromatic rings. The second kappa shape index (κ2) is 9.66. The van der Waals surface area contributed by atoms with E-state index in [9.17, 15) is 4.39 Å². The van der Waals surface area contributed by atoms with Crippen molar-refractivity contribution in [2.45, 2.75) is 20.0 Å². The molecule has 2 aromatic carbocycles. The average molecular weight is 375 g/mol. The highest BCUT2D eigenvalue weighted by molar-refractivity contribution is 5.79. The maximum absolute atomic E-state index is 13.7. The molecule has 0 saturated carbocycles. The quantitative estimate of drug-likeness (QED) is 0.575. The predicted molar refractivity (Wildman–Crippen MR) is 104 cm³/mol. The first-order valence-electron chi connectivity index (χ1n) is 8.50. The molecule has 0 unspecified atom stereocenters. The highest BCUT2D eigenvalue weighted by atomic mass is 19.1. The summed E-state index contributed by atoms with van der Waals surface area (Å²) in [6, 6.07) is 8.92. The second-order valence-corrected chi connectivity index (χ2v) is 5.90. The van der Waals surface area contributed by atoms with E-state index in [0.29, 0.717) is 41.9 Å². The number of hydrogen-bond acceptors (Lipinski definition) is 4. The number of nitrogens with one attached hydrogen (secondary N) is 2. The molecule has 0 aliphatic heterocycles. The van der Waals surface area contributed by atoms with Gasteiger partial charge in [-0.15, -0.1) is 0 Å². The predicted octanol–water partition coefficient (Wildman–Crippen LogP) is 3.03. The summed E-state index contributed by atoms with van der Waals surface area (Å²) in [5, 5.41) is 6.38. The van der Waals surface area contributed by atoms with Crippen LogP contribution in [0, 0.1) is 12.7 Å². The smallest absolute Gasteiger partial charge is 0.203 e. The molecule has 6 nitrogen and oxygen atoms in total. The number of benzene rings is 2. The Bertz CT molecular complexity index is 784. The number of hydrogen-bond donors (Lipinski definition) is 2. The van der Waals surface area contributed by atoms with Crippen LogP contribution in [0.3, 0.4) is 0 Å². The number of rotatable bonds is 7. The van der Waals surface area contributed by atoms with E-state index < -0.39 is 0 Å². The lowest BCUT2D eigenvalue weighted by Gasteiger charge is -2.16. The van der Waals surface area contributed by atoms with Crippen molar-refractivity contribution in [2.24, 2.45) is 4.99 Å². The van der Waals surface area contributed by atoms with Crippen molar-refractivity contribution < 1.29 is 18.6 Å². The summed E-state index contributed by atoms with van der Waals surface area (Å²) in [6.45, 7) is 2.70. The molecule has 0 amide bonds. The van der Waals surface area contributed by atoms with Gasteiger partial charge in [-0.1, -0.05) is 12.1 Å². The zero-order valence-electron chi connectivity index (χ0n) is 16.4. The van der Waals surface area contributed by atoms with Crippen molar-refractivity contribution in [3.8, 4) is 17.2 Å². The van der Waals surface area contributed by atoms with Gasteiger partial charge in [0.2, 0.25) is 5.75 Å². The molecule has 146 valence electrons. The van der Waals surface area contributed by atoms with Crippen molar-refractivity contribution in [3.63, 3.8) is 0 Å². The van der Waals surface area contributed by atoms with E-state index in [2.05, 4.69) is 15.6 Å². The highest BCUT2D eigenvalue weighted by Crippen LogP contribution is 2.38. The largest absolute Gasteiger partial charge is 0.493 e. The van der Waals surface area contributed by atoms with Gasteiger partial charge in [0.15, 0.2) is 17.5 Å².